The number of anilines is 1. The third-order valence-electron chi connectivity index (χ3n) is 4.60. The summed E-state index contributed by atoms with van der Waals surface area (Å²) in [6.07, 6.45) is 0.944. The van der Waals surface area contributed by atoms with Crippen molar-refractivity contribution in [3.05, 3.63) is 70.8 Å². The first-order chi connectivity index (χ1) is 15.4. The van der Waals surface area contributed by atoms with Gasteiger partial charge in [-0.05, 0) is 62.4 Å². The van der Waals surface area contributed by atoms with Crippen molar-refractivity contribution in [1.82, 2.24) is 9.97 Å². The number of aromatic nitrogens is 2. The summed E-state index contributed by atoms with van der Waals surface area (Å²) in [6.45, 7) is 3.93. The maximum Gasteiger partial charge on any atom is 0.400 e. The van der Waals surface area contributed by atoms with Crippen LogP contribution in [-0.4, -0.2) is 28.5 Å². The highest BCUT2D eigenvalue weighted by atomic mass is 35.5. The van der Waals surface area contributed by atoms with E-state index in [1.54, 1.807) is 67.7 Å². The van der Waals surface area contributed by atoms with Gasteiger partial charge >= 0.3 is 6.08 Å². The predicted molar refractivity (Wildman–Crippen MR) is 123 cm³/mol. The number of hydrogen-bond donors (Lipinski definition) is 0. The normalized spacial score (nSPS) is 11.9. The molecule has 1 atom stereocenters. The molecule has 1 unspecified atom stereocenters. The summed E-state index contributed by atoms with van der Waals surface area (Å²) in [6, 6.07) is 15.3. The van der Waals surface area contributed by atoms with E-state index in [9.17, 15) is 4.79 Å². The Morgan fingerprint density at radius 2 is 1.88 bits per heavy atom. The van der Waals surface area contributed by atoms with Crippen LogP contribution < -0.4 is 14.4 Å². The summed E-state index contributed by atoms with van der Waals surface area (Å²) < 4.78 is 17.0. The zero-order chi connectivity index (χ0) is 22.7. The number of rotatable bonds is 7. The van der Waals surface area contributed by atoms with Gasteiger partial charge < -0.3 is 13.9 Å². The number of fused-ring (bicyclic) bond motifs is 1. The zero-order valence-electron chi connectivity index (χ0n) is 17.3. The van der Waals surface area contributed by atoms with Gasteiger partial charge in [0.15, 0.2) is 17.5 Å². The number of carbonyl (C=O) groups excluding carboxylic acids is 1. The lowest BCUT2D eigenvalue weighted by Crippen LogP contribution is -2.41. The number of oxazole rings is 1. The number of likely N-dealkylation sites (N-methyl/N-ethyl adjacent to an activating group) is 1. The Morgan fingerprint density at radius 3 is 2.59 bits per heavy atom. The Morgan fingerprint density at radius 1 is 1.12 bits per heavy atom. The van der Waals surface area contributed by atoms with Crippen LogP contribution in [0.2, 0.25) is 10.0 Å². The van der Waals surface area contributed by atoms with Crippen LogP contribution in [0.15, 0.2) is 65.2 Å². The molecule has 0 spiro atoms. The number of pyridine rings is 1. The maximum absolute atomic E-state index is 12.9. The second-order valence-electron chi connectivity index (χ2n) is 6.82. The van der Waals surface area contributed by atoms with Crippen LogP contribution in [-0.2, 0) is 4.79 Å². The molecule has 0 fully saturated rings. The quantitative estimate of drug-likeness (QED) is 0.322. The number of nitrogens with zero attached hydrogens (tertiary/aromatic N) is 3. The predicted octanol–water partition coefficient (Wildman–Crippen LogP) is 6.14. The van der Waals surface area contributed by atoms with Gasteiger partial charge in [-0.15, -0.1) is 0 Å². The van der Waals surface area contributed by atoms with E-state index in [-0.39, 0.29) is 12.0 Å². The molecule has 0 saturated carbocycles. The molecule has 9 heteroatoms. The maximum atomic E-state index is 12.9. The molecule has 0 aliphatic carbocycles. The van der Waals surface area contributed by atoms with Gasteiger partial charge in [-0.3, -0.25) is 9.69 Å². The zero-order valence-corrected chi connectivity index (χ0v) is 18.8. The second kappa shape index (κ2) is 9.46. The van der Waals surface area contributed by atoms with E-state index in [2.05, 4.69) is 9.97 Å². The van der Waals surface area contributed by atoms with E-state index < -0.39 is 6.10 Å². The van der Waals surface area contributed by atoms with Crippen LogP contribution in [0.1, 0.15) is 13.8 Å². The van der Waals surface area contributed by atoms with Gasteiger partial charge in [0.2, 0.25) is 0 Å². The van der Waals surface area contributed by atoms with Gasteiger partial charge in [-0.2, -0.15) is 4.98 Å². The fourth-order valence-corrected chi connectivity index (χ4v) is 3.45. The molecule has 1 amide bonds. The number of ether oxygens (including phenoxy) is 2. The number of hydrogen-bond acceptors (Lipinski definition) is 6. The monoisotopic (exact) mass is 471 g/mol. The smallest absolute Gasteiger partial charge is 0.400 e. The molecular weight excluding hydrogens is 453 g/mol. The number of halogens is 2. The molecule has 2 aromatic carbocycles. The van der Waals surface area contributed by atoms with Crippen LogP contribution in [0.5, 0.6) is 17.6 Å². The highest BCUT2D eigenvalue weighted by Gasteiger charge is 2.24. The molecule has 7 nitrogen and oxygen atoms in total. The minimum atomic E-state index is -0.749. The highest BCUT2D eigenvalue weighted by Crippen LogP contribution is 2.29. The van der Waals surface area contributed by atoms with Gasteiger partial charge in [0.1, 0.15) is 17.0 Å². The molecule has 2 heterocycles. The molecule has 0 radical (unpaired) electrons. The molecule has 0 bridgehead atoms. The van der Waals surface area contributed by atoms with E-state index in [0.717, 1.165) is 0 Å². The van der Waals surface area contributed by atoms with Gasteiger partial charge in [0, 0.05) is 23.8 Å². The Hall–Kier alpha value is -3.29. The minimum Gasteiger partial charge on any atom is -0.481 e. The van der Waals surface area contributed by atoms with Crippen molar-refractivity contribution in [1.29, 1.82) is 0 Å². The molecule has 32 heavy (non-hydrogen) atoms. The Bertz CT molecular complexity index is 1240. The molecule has 2 aromatic heterocycles. The molecule has 4 aromatic rings. The fourth-order valence-electron chi connectivity index (χ4n) is 3.07. The van der Waals surface area contributed by atoms with Crippen LogP contribution in [0.25, 0.3) is 11.1 Å². The third-order valence-corrected chi connectivity index (χ3v) is 5.13. The third kappa shape index (κ3) is 4.79. The van der Waals surface area contributed by atoms with Crippen LogP contribution in [0.3, 0.4) is 0 Å². The minimum absolute atomic E-state index is 0.102. The molecular formula is C23H19Cl2N3O4. The molecule has 4 rings (SSSR count). The first-order valence-corrected chi connectivity index (χ1v) is 10.6. The van der Waals surface area contributed by atoms with Crippen LogP contribution in [0.4, 0.5) is 5.82 Å². The number of carbonyl (C=O) groups is 1. The van der Waals surface area contributed by atoms with Gasteiger partial charge in [-0.25, -0.2) is 4.98 Å². The number of amides is 1. The first kappa shape index (κ1) is 21.9. The largest absolute Gasteiger partial charge is 0.481 e. The summed E-state index contributed by atoms with van der Waals surface area (Å²) >= 11 is 12.2. The summed E-state index contributed by atoms with van der Waals surface area (Å²) in [5, 5.41) is 0.954. The summed E-state index contributed by atoms with van der Waals surface area (Å²) in [5.74, 6) is 1.16. The van der Waals surface area contributed by atoms with Crippen molar-refractivity contribution < 1.29 is 18.7 Å². The Balaban J connectivity index is 1.42. The standard InChI is InChI=1S/C23H19Cl2N3O4/c1-3-28(21-18(25)5-4-12-26-21)22(29)14(2)30-16-7-9-17(10-8-16)31-23-27-19-11-6-15(24)13-20(19)32-23/h4-14H,3H2,1-2H3. The van der Waals surface area contributed by atoms with E-state index in [1.165, 1.54) is 4.90 Å². The van der Waals surface area contributed by atoms with Crippen molar-refractivity contribution in [3.63, 3.8) is 0 Å². The molecule has 0 saturated heterocycles. The SMILES string of the molecule is CCN(C(=O)C(C)Oc1ccc(Oc2nc3ccc(Cl)cc3o2)cc1)c1ncccc1Cl. The fraction of sp³-hybridized carbons (Fsp3) is 0.174. The Kier molecular flexibility index (Phi) is 6.48. The lowest BCUT2D eigenvalue weighted by molar-refractivity contribution is -0.124. The Labute approximate surface area is 194 Å². The van der Waals surface area contributed by atoms with Crippen LogP contribution >= 0.6 is 23.2 Å². The van der Waals surface area contributed by atoms with E-state index in [4.69, 9.17) is 37.1 Å². The molecule has 0 aliphatic rings. The van der Waals surface area contributed by atoms with Crippen molar-refractivity contribution in [3.8, 4) is 17.6 Å². The topological polar surface area (TPSA) is 77.7 Å². The lowest BCUT2D eigenvalue weighted by Gasteiger charge is -2.24. The van der Waals surface area contributed by atoms with Gasteiger partial charge in [-0.1, -0.05) is 23.2 Å². The van der Waals surface area contributed by atoms with Crippen molar-refractivity contribution in [2.45, 2.75) is 20.0 Å². The van der Waals surface area contributed by atoms with Crippen molar-refractivity contribution in [2.24, 2.45) is 0 Å². The molecule has 0 N–H and O–H groups in total. The van der Waals surface area contributed by atoms with E-state index >= 15 is 0 Å². The van der Waals surface area contributed by atoms with Crippen molar-refractivity contribution >= 4 is 46.0 Å². The summed E-state index contributed by atoms with van der Waals surface area (Å²) in [4.78, 5) is 22.9. The molecule has 164 valence electrons. The summed E-state index contributed by atoms with van der Waals surface area (Å²) in [7, 11) is 0. The number of benzene rings is 2. The van der Waals surface area contributed by atoms with E-state index in [0.29, 0.717) is 45.0 Å². The second-order valence-corrected chi connectivity index (χ2v) is 7.66. The lowest BCUT2D eigenvalue weighted by atomic mass is 10.3. The average molecular weight is 472 g/mol. The highest BCUT2D eigenvalue weighted by molar-refractivity contribution is 6.33. The van der Waals surface area contributed by atoms with Gasteiger partial charge in [0.05, 0.1) is 5.02 Å². The van der Waals surface area contributed by atoms with Crippen molar-refractivity contribution in [2.75, 3.05) is 11.4 Å². The van der Waals surface area contributed by atoms with E-state index in [1.807, 2.05) is 6.92 Å². The first-order valence-electron chi connectivity index (χ1n) is 9.87. The average Bonchev–Trinajstić information content (AvgIpc) is 3.18. The van der Waals surface area contributed by atoms with Gasteiger partial charge in [0.25, 0.3) is 5.91 Å². The summed E-state index contributed by atoms with van der Waals surface area (Å²) in [5.41, 5.74) is 1.18. The van der Waals surface area contributed by atoms with Crippen LogP contribution in [0, 0.1) is 0 Å². The molecule has 0 aliphatic heterocycles.